The molecule has 1 N–H and O–H groups in total. The molecule has 0 spiro atoms. The van der Waals surface area contributed by atoms with Gasteiger partial charge < -0.3 is 19.2 Å². The molecule has 0 aliphatic rings. The SMILES string of the molecule is COC(=O)c1cccc(OCC(=O)NC(C)c2ccco2)c1. The molecule has 1 unspecified atom stereocenters. The van der Waals surface area contributed by atoms with Crippen molar-refractivity contribution in [3.63, 3.8) is 0 Å². The first kappa shape index (κ1) is 15.6. The summed E-state index contributed by atoms with van der Waals surface area (Å²) in [6, 6.07) is 9.75. The lowest BCUT2D eigenvalue weighted by Gasteiger charge is -2.12. The molecule has 0 radical (unpaired) electrons. The predicted molar refractivity (Wildman–Crippen MR) is 78.5 cm³/mol. The first-order valence-electron chi connectivity index (χ1n) is 6.74. The standard InChI is InChI=1S/C16H17NO5/c1-11(14-7-4-8-21-14)17-15(18)10-22-13-6-3-5-12(9-13)16(19)20-2/h3-9,11H,10H2,1-2H3,(H,17,18). The smallest absolute Gasteiger partial charge is 0.337 e. The van der Waals surface area contributed by atoms with Crippen molar-refractivity contribution in [1.82, 2.24) is 5.32 Å². The highest BCUT2D eigenvalue weighted by atomic mass is 16.5. The van der Waals surface area contributed by atoms with Crippen molar-refractivity contribution in [2.24, 2.45) is 0 Å². The highest BCUT2D eigenvalue weighted by Crippen LogP contribution is 2.15. The van der Waals surface area contributed by atoms with Crippen molar-refractivity contribution in [3.8, 4) is 5.75 Å². The van der Waals surface area contributed by atoms with Gasteiger partial charge in [0.25, 0.3) is 5.91 Å². The molecule has 6 nitrogen and oxygen atoms in total. The highest BCUT2D eigenvalue weighted by molar-refractivity contribution is 5.89. The van der Waals surface area contributed by atoms with Crippen LogP contribution in [0.5, 0.6) is 5.75 Å². The van der Waals surface area contributed by atoms with Crippen molar-refractivity contribution in [2.75, 3.05) is 13.7 Å². The van der Waals surface area contributed by atoms with Gasteiger partial charge in [0, 0.05) is 0 Å². The highest BCUT2D eigenvalue weighted by Gasteiger charge is 2.12. The van der Waals surface area contributed by atoms with E-state index in [-0.39, 0.29) is 18.6 Å². The average Bonchev–Trinajstić information content (AvgIpc) is 3.07. The fourth-order valence-electron chi connectivity index (χ4n) is 1.87. The Labute approximate surface area is 128 Å². The van der Waals surface area contributed by atoms with E-state index in [2.05, 4.69) is 10.1 Å². The lowest BCUT2D eigenvalue weighted by atomic mass is 10.2. The predicted octanol–water partition coefficient (Wildman–Crippen LogP) is 2.32. The molecule has 0 aliphatic carbocycles. The Morgan fingerprint density at radius 2 is 2.09 bits per heavy atom. The van der Waals surface area contributed by atoms with Crippen molar-refractivity contribution < 1.29 is 23.5 Å². The summed E-state index contributed by atoms with van der Waals surface area (Å²) >= 11 is 0. The van der Waals surface area contributed by atoms with Crippen LogP contribution < -0.4 is 10.1 Å². The van der Waals surface area contributed by atoms with Crippen molar-refractivity contribution in [1.29, 1.82) is 0 Å². The maximum Gasteiger partial charge on any atom is 0.337 e. The van der Waals surface area contributed by atoms with Crippen LogP contribution in [0.4, 0.5) is 0 Å². The number of ether oxygens (including phenoxy) is 2. The van der Waals surface area contributed by atoms with Gasteiger partial charge in [-0.2, -0.15) is 0 Å². The van der Waals surface area contributed by atoms with Crippen LogP contribution >= 0.6 is 0 Å². The Kier molecular flexibility index (Phi) is 5.19. The topological polar surface area (TPSA) is 77.8 Å². The largest absolute Gasteiger partial charge is 0.484 e. The third-order valence-electron chi connectivity index (χ3n) is 2.97. The molecule has 0 saturated carbocycles. The van der Waals surface area contributed by atoms with Crippen LogP contribution in [0.3, 0.4) is 0 Å². The molecule has 0 aliphatic heterocycles. The minimum absolute atomic E-state index is 0.157. The van der Waals surface area contributed by atoms with E-state index < -0.39 is 5.97 Å². The van der Waals surface area contributed by atoms with Gasteiger partial charge >= 0.3 is 5.97 Å². The number of hydrogen-bond donors (Lipinski definition) is 1. The second-order valence-corrected chi connectivity index (χ2v) is 4.61. The minimum atomic E-state index is -0.457. The van der Waals surface area contributed by atoms with Gasteiger partial charge in [-0.05, 0) is 37.3 Å². The zero-order chi connectivity index (χ0) is 15.9. The Morgan fingerprint density at radius 3 is 2.77 bits per heavy atom. The molecular formula is C16H17NO5. The zero-order valence-electron chi connectivity index (χ0n) is 12.4. The Morgan fingerprint density at radius 1 is 1.27 bits per heavy atom. The number of furan rings is 1. The van der Waals surface area contributed by atoms with E-state index in [0.717, 1.165) is 0 Å². The number of methoxy groups -OCH3 is 1. The Hall–Kier alpha value is -2.76. The van der Waals surface area contributed by atoms with Crippen LogP contribution in [-0.4, -0.2) is 25.6 Å². The van der Waals surface area contributed by atoms with E-state index in [4.69, 9.17) is 9.15 Å². The monoisotopic (exact) mass is 303 g/mol. The summed E-state index contributed by atoms with van der Waals surface area (Å²) < 4.78 is 15.2. The van der Waals surface area contributed by atoms with Gasteiger partial charge in [-0.15, -0.1) is 0 Å². The summed E-state index contributed by atoms with van der Waals surface area (Å²) in [7, 11) is 1.30. The van der Waals surface area contributed by atoms with Gasteiger partial charge in [0.05, 0.1) is 25.0 Å². The van der Waals surface area contributed by atoms with Gasteiger partial charge in [0.15, 0.2) is 6.61 Å². The number of amides is 1. The number of carbonyl (C=O) groups is 2. The summed E-state index contributed by atoms with van der Waals surface area (Å²) in [5.41, 5.74) is 0.365. The van der Waals surface area contributed by atoms with Crippen LogP contribution in [0.15, 0.2) is 47.1 Å². The fraction of sp³-hybridized carbons (Fsp3) is 0.250. The molecule has 116 valence electrons. The molecule has 1 heterocycles. The third-order valence-corrected chi connectivity index (χ3v) is 2.97. The molecule has 2 rings (SSSR count). The number of carbonyl (C=O) groups excluding carboxylic acids is 2. The van der Waals surface area contributed by atoms with Crippen molar-refractivity contribution in [3.05, 3.63) is 54.0 Å². The van der Waals surface area contributed by atoms with Crippen LogP contribution in [0, 0.1) is 0 Å². The lowest BCUT2D eigenvalue weighted by molar-refractivity contribution is -0.123. The lowest BCUT2D eigenvalue weighted by Crippen LogP contribution is -2.31. The molecule has 0 bridgehead atoms. The van der Waals surface area contributed by atoms with Gasteiger partial charge in [-0.25, -0.2) is 4.79 Å². The number of hydrogen-bond acceptors (Lipinski definition) is 5. The number of rotatable bonds is 6. The van der Waals surface area contributed by atoms with Gasteiger partial charge in [0.1, 0.15) is 11.5 Å². The molecule has 0 saturated heterocycles. The summed E-state index contributed by atoms with van der Waals surface area (Å²) in [5, 5.41) is 2.75. The quantitative estimate of drug-likeness (QED) is 0.829. The van der Waals surface area contributed by atoms with E-state index in [1.54, 1.807) is 36.6 Å². The van der Waals surface area contributed by atoms with Gasteiger partial charge in [0.2, 0.25) is 0 Å². The van der Waals surface area contributed by atoms with Crippen LogP contribution in [-0.2, 0) is 9.53 Å². The maximum absolute atomic E-state index is 11.8. The molecule has 0 fully saturated rings. The molecule has 1 amide bonds. The second kappa shape index (κ2) is 7.31. The summed E-state index contributed by atoms with van der Waals surface area (Å²) in [6.07, 6.45) is 1.55. The normalized spacial score (nSPS) is 11.5. The first-order chi connectivity index (χ1) is 10.6. The Balaban J connectivity index is 1.87. The van der Waals surface area contributed by atoms with Crippen molar-refractivity contribution >= 4 is 11.9 Å². The maximum atomic E-state index is 11.8. The van der Waals surface area contributed by atoms with E-state index in [1.165, 1.54) is 13.2 Å². The van der Waals surface area contributed by atoms with Gasteiger partial charge in [-0.1, -0.05) is 6.07 Å². The van der Waals surface area contributed by atoms with Crippen LogP contribution in [0.1, 0.15) is 29.1 Å². The summed E-state index contributed by atoms with van der Waals surface area (Å²) in [6.45, 7) is 1.66. The van der Waals surface area contributed by atoms with Gasteiger partial charge in [-0.3, -0.25) is 4.79 Å². The number of nitrogens with one attached hydrogen (secondary N) is 1. The molecule has 22 heavy (non-hydrogen) atoms. The van der Waals surface area contributed by atoms with E-state index in [0.29, 0.717) is 17.1 Å². The average molecular weight is 303 g/mol. The van der Waals surface area contributed by atoms with E-state index >= 15 is 0 Å². The van der Waals surface area contributed by atoms with Crippen LogP contribution in [0.2, 0.25) is 0 Å². The number of esters is 1. The van der Waals surface area contributed by atoms with Crippen LogP contribution in [0.25, 0.3) is 0 Å². The zero-order valence-corrected chi connectivity index (χ0v) is 12.4. The van der Waals surface area contributed by atoms with E-state index in [1.807, 2.05) is 6.92 Å². The van der Waals surface area contributed by atoms with Crippen molar-refractivity contribution in [2.45, 2.75) is 13.0 Å². The molecule has 1 aromatic heterocycles. The molecule has 1 atom stereocenters. The number of benzene rings is 1. The molecule has 1 aromatic carbocycles. The summed E-state index contributed by atoms with van der Waals surface area (Å²) in [5.74, 6) is 0.346. The molecule has 2 aromatic rings. The third kappa shape index (κ3) is 4.12. The summed E-state index contributed by atoms with van der Waals surface area (Å²) in [4.78, 5) is 23.2. The van der Waals surface area contributed by atoms with E-state index in [9.17, 15) is 9.59 Å². The molecule has 6 heteroatoms. The molecular weight excluding hydrogens is 286 g/mol. The minimum Gasteiger partial charge on any atom is -0.484 e. The first-order valence-corrected chi connectivity index (χ1v) is 6.74. The second-order valence-electron chi connectivity index (χ2n) is 4.61. The fourth-order valence-corrected chi connectivity index (χ4v) is 1.87. The Bertz CT molecular complexity index is 636.